The van der Waals surface area contributed by atoms with Crippen LogP contribution >= 0.6 is 0 Å². The van der Waals surface area contributed by atoms with Crippen molar-refractivity contribution in [1.29, 1.82) is 0 Å². The van der Waals surface area contributed by atoms with Gasteiger partial charge in [0, 0.05) is 19.7 Å². The molecule has 0 aliphatic carbocycles. The maximum absolute atomic E-state index is 10.0. The highest BCUT2D eigenvalue weighted by molar-refractivity contribution is 5.22. The summed E-state index contributed by atoms with van der Waals surface area (Å²) in [6.45, 7) is 12.0. The normalized spacial score (nSPS) is 13.2. The Bertz CT molecular complexity index is 379. The zero-order valence-corrected chi connectivity index (χ0v) is 13.3. The number of aryl methyl sites for hydroxylation is 1. The van der Waals surface area contributed by atoms with Crippen LogP contribution in [0.25, 0.3) is 0 Å². The van der Waals surface area contributed by atoms with Crippen molar-refractivity contribution in [3.05, 3.63) is 35.4 Å². The van der Waals surface area contributed by atoms with E-state index in [0.29, 0.717) is 25.7 Å². The molecule has 1 rings (SSSR count). The quantitative estimate of drug-likeness (QED) is 0.754. The van der Waals surface area contributed by atoms with Gasteiger partial charge in [-0.15, -0.1) is 0 Å². The summed E-state index contributed by atoms with van der Waals surface area (Å²) in [6.07, 6.45) is -0.418. The summed E-state index contributed by atoms with van der Waals surface area (Å²) < 4.78 is 5.49. The topological polar surface area (TPSA) is 32.7 Å². The number of benzene rings is 1. The van der Waals surface area contributed by atoms with Crippen molar-refractivity contribution < 1.29 is 9.84 Å². The van der Waals surface area contributed by atoms with E-state index in [4.69, 9.17) is 4.74 Å². The van der Waals surface area contributed by atoms with E-state index in [2.05, 4.69) is 56.9 Å². The molecule has 0 aromatic heterocycles. The maximum atomic E-state index is 10.0. The summed E-state index contributed by atoms with van der Waals surface area (Å²) >= 11 is 0. The molecule has 0 radical (unpaired) electrons. The zero-order valence-electron chi connectivity index (χ0n) is 13.3. The number of aliphatic hydroxyl groups is 1. The number of hydrogen-bond acceptors (Lipinski definition) is 3. The Balaban J connectivity index is 2.38. The predicted octanol–water partition coefficient (Wildman–Crippen LogP) is 2.85. The number of ether oxygens (including phenoxy) is 1. The van der Waals surface area contributed by atoms with Crippen LogP contribution in [0.5, 0.6) is 0 Å². The first-order valence-corrected chi connectivity index (χ1v) is 7.55. The Morgan fingerprint density at radius 2 is 2.00 bits per heavy atom. The molecular formula is C17H29NO2. The third-order valence-corrected chi connectivity index (χ3v) is 3.17. The maximum Gasteiger partial charge on any atom is 0.0900 e. The van der Waals surface area contributed by atoms with Gasteiger partial charge in [-0.05, 0) is 24.9 Å². The Kier molecular flexibility index (Phi) is 7.82. The molecule has 0 bridgehead atoms. The van der Waals surface area contributed by atoms with E-state index in [9.17, 15) is 5.11 Å². The highest BCUT2D eigenvalue weighted by Crippen LogP contribution is 2.08. The SMILES string of the molecule is CCN(Cc1cccc(C)c1)CC(O)COCC(C)C. The van der Waals surface area contributed by atoms with Crippen LogP contribution in [0.4, 0.5) is 0 Å². The van der Waals surface area contributed by atoms with Gasteiger partial charge in [0.15, 0.2) is 0 Å². The van der Waals surface area contributed by atoms with E-state index in [1.807, 2.05) is 0 Å². The van der Waals surface area contributed by atoms with Crippen LogP contribution in [0, 0.1) is 12.8 Å². The standard InChI is InChI=1S/C17H29NO2/c1-5-18(10-16-8-6-7-15(4)9-16)11-17(19)13-20-12-14(2)3/h6-9,14,17,19H,5,10-13H2,1-4H3. The summed E-state index contributed by atoms with van der Waals surface area (Å²) in [5, 5.41) is 10.0. The van der Waals surface area contributed by atoms with Gasteiger partial charge >= 0.3 is 0 Å². The molecule has 1 aromatic rings. The van der Waals surface area contributed by atoms with Gasteiger partial charge in [-0.25, -0.2) is 0 Å². The van der Waals surface area contributed by atoms with Gasteiger partial charge in [0.2, 0.25) is 0 Å². The third kappa shape index (κ3) is 7.04. The lowest BCUT2D eigenvalue weighted by molar-refractivity contribution is 0.00772. The van der Waals surface area contributed by atoms with Gasteiger partial charge in [0.05, 0.1) is 12.7 Å². The Labute approximate surface area is 123 Å². The summed E-state index contributed by atoms with van der Waals surface area (Å²) in [5.41, 5.74) is 2.57. The van der Waals surface area contributed by atoms with Crippen LogP contribution in [0.1, 0.15) is 31.9 Å². The number of nitrogens with zero attached hydrogens (tertiary/aromatic N) is 1. The molecule has 0 aliphatic rings. The van der Waals surface area contributed by atoms with Crippen LogP contribution in [-0.4, -0.2) is 42.4 Å². The van der Waals surface area contributed by atoms with Crippen molar-refractivity contribution in [1.82, 2.24) is 4.90 Å². The lowest BCUT2D eigenvalue weighted by atomic mass is 10.1. The fraction of sp³-hybridized carbons (Fsp3) is 0.647. The zero-order chi connectivity index (χ0) is 15.0. The van der Waals surface area contributed by atoms with Gasteiger partial charge in [-0.1, -0.05) is 50.6 Å². The van der Waals surface area contributed by atoms with Crippen molar-refractivity contribution in [2.75, 3.05) is 26.3 Å². The van der Waals surface area contributed by atoms with E-state index in [1.165, 1.54) is 11.1 Å². The molecule has 1 atom stereocenters. The van der Waals surface area contributed by atoms with Gasteiger partial charge in [0.1, 0.15) is 0 Å². The summed E-state index contributed by atoms with van der Waals surface area (Å²) in [4.78, 5) is 2.25. The number of rotatable bonds is 9. The molecule has 1 aromatic carbocycles. The molecule has 3 nitrogen and oxygen atoms in total. The first kappa shape index (κ1) is 17.2. The van der Waals surface area contributed by atoms with Crippen molar-refractivity contribution in [3.8, 4) is 0 Å². The minimum atomic E-state index is -0.418. The molecule has 3 heteroatoms. The number of likely N-dealkylation sites (N-methyl/N-ethyl adjacent to an activating group) is 1. The highest BCUT2D eigenvalue weighted by atomic mass is 16.5. The molecule has 0 aliphatic heterocycles. The molecular weight excluding hydrogens is 250 g/mol. The van der Waals surface area contributed by atoms with E-state index in [-0.39, 0.29) is 0 Å². The molecule has 0 fully saturated rings. The minimum Gasteiger partial charge on any atom is -0.389 e. The summed E-state index contributed by atoms with van der Waals surface area (Å²) in [6, 6.07) is 8.52. The van der Waals surface area contributed by atoms with Crippen LogP contribution < -0.4 is 0 Å². The second-order valence-electron chi connectivity index (χ2n) is 5.90. The molecule has 0 saturated heterocycles. The predicted molar refractivity (Wildman–Crippen MR) is 83.8 cm³/mol. The molecule has 0 spiro atoms. The fourth-order valence-corrected chi connectivity index (χ4v) is 2.16. The molecule has 0 saturated carbocycles. The third-order valence-electron chi connectivity index (χ3n) is 3.17. The van der Waals surface area contributed by atoms with E-state index < -0.39 is 6.10 Å². The molecule has 1 N–H and O–H groups in total. The minimum absolute atomic E-state index is 0.418. The van der Waals surface area contributed by atoms with Crippen LogP contribution in [-0.2, 0) is 11.3 Å². The van der Waals surface area contributed by atoms with E-state index in [1.54, 1.807) is 0 Å². The second-order valence-corrected chi connectivity index (χ2v) is 5.90. The summed E-state index contributed by atoms with van der Waals surface area (Å²) in [7, 11) is 0. The van der Waals surface area contributed by atoms with Gasteiger partial charge in [0.25, 0.3) is 0 Å². The fourth-order valence-electron chi connectivity index (χ4n) is 2.16. The van der Waals surface area contributed by atoms with E-state index in [0.717, 1.165) is 13.1 Å². The lowest BCUT2D eigenvalue weighted by Gasteiger charge is -2.24. The second kappa shape index (κ2) is 9.11. The molecule has 114 valence electrons. The van der Waals surface area contributed by atoms with Gasteiger partial charge < -0.3 is 9.84 Å². The first-order chi connectivity index (χ1) is 9.51. The molecule has 20 heavy (non-hydrogen) atoms. The molecule has 1 unspecified atom stereocenters. The molecule has 0 heterocycles. The van der Waals surface area contributed by atoms with Crippen LogP contribution in [0.15, 0.2) is 24.3 Å². The first-order valence-electron chi connectivity index (χ1n) is 7.55. The van der Waals surface area contributed by atoms with Crippen molar-refractivity contribution >= 4 is 0 Å². The average Bonchev–Trinajstić information content (AvgIpc) is 2.37. The van der Waals surface area contributed by atoms with E-state index >= 15 is 0 Å². The highest BCUT2D eigenvalue weighted by Gasteiger charge is 2.11. The van der Waals surface area contributed by atoms with Gasteiger partial charge in [-0.3, -0.25) is 4.90 Å². The summed E-state index contributed by atoms with van der Waals surface area (Å²) in [5.74, 6) is 0.511. The molecule has 0 amide bonds. The van der Waals surface area contributed by atoms with Crippen LogP contribution in [0.2, 0.25) is 0 Å². The smallest absolute Gasteiger partial charge is 0.0900 e. The average molecular weight is 279 g/mol. The van der Waals surface area contributed by atoms with Crippen molar-refractivity contribution in [2.24, 2.45) is 5.92 Å². The largest absolute Gasteiger partial charge is 0.389 e. The monoisotopic (exact) mass is 279 g/mol. The Morgan fingerprint density at radius 3 is 2.60 bits per heavy atom. The number of aliphatic hydroxyl groups excluding tert-OH is 1. The number of hydrogen-bond donors (Lipinski definition) is 1. The Morgan fingerprint density at radius 1 is 1.25 bits per heavy atom. The van der Waals surface area contributed by atoms with Gasteiger partial charge in [-0.2, -0.15) is 0 Å². The van der Waals surface area contributed by atoms with Crippen LogP contribution in [0.3, 0.4) is 0 Å². The van der Waals surface area contributed by atoms with Crippen molar-refractivity contribution in [2.45, 2.75) is 40.3 Å². The lowest BCUT2D eigenvalue weighted by Crippen LogP contribution is -2.34. The Hall–Kier alpha value is -0.900. The van der Waals surface area contributed by atoms with Crippen molar-refractivity contribution in [3.63, 3.8) is 0 Å².